The Morgan fingerprint density at radius 3 is 2.65 bits per heavy atom. The monoisotopic (exact) mass is 362 g/mol. The molecule has 26 heavy (non-hydrogen) atoms. The van der Waals surface area contributed by atoms with Crippen LogP contribution < -0.4 is 0 Å². The fourth-order valence-corrected chi connectivity index (χ4v) is 4.66. The van der Waals surface area contributed by atoms with Gasteiger partial charge in [-0.3, -0.25) is 0 Å². The van der Waals surface area contributed by atoms with E-state index in [1.165, 1.54) is 0 Å². The Labute approximate surface area is 153 Å². The molecule has 1 aliphatic heterocycles. The zero-order chi connectivity index (χ0) is 19.4. The van der Waals surface area contributed by atoms with Gasteiger partial charge in [-0.05, 0) is 25.8 Å². The van der Waals surface area contributed by atoms with E-state index in [1.807, 2.05) is 6.92 Å². The van der Waals surface area contributed by atoms with Crippen LogP contribution >= 0.6 is 0 Å². The van der Waals surface area contributed by atoms with Crippen LogP contribution in [0.25, 0.3) is 0 Å². The van der Waals surface area contributed by atoms with Gasteiger partial charge in [-0.25, -0.2) is 9.59 Å². The molecule has 2 N–H and O–H groups in total. The molecule has 6 heteroatoms. The maximum absolute atomic E-state index is 12.3. The molecule has 0 amide bonds. The molecule has 0 unspecified atom stereocenters. The molecule has 2 aliphatic carbocycles. The minimum atomic E-state index is -0.860. The molecule has 0 aromatic rings. The molecule has 0 radical (unpaired) electrons. The van der Waals surface area contributed by atoms with E-state index in [1.54, 1.807) is 19.9 Å². The first kappa shape index (κ1) is 18.9. The smallest absolute Gasteiger partial charge is 0.334 e. The molecule has 0 aromatic carbocycles. The van der Waals surface area contributed by atoms with Crippen LogP contribution in [0.2, 0.25) is 0 Å². The molecule has 0 bridgehead atoms. The number of rotatable bonds is 2. The number of esters is 2. The Bertz CT molecular complexity index is 707. The van der Waals surface area contributed by atoms with Gasteiger partial charge in [0.05, 0.1) is 18.1 Å². The largest absolute Gasteiger partial charge is 0.458 e. The predicted octanol–water partition coefficient (Wildman–Crippen LogP) is 1.67. The van der Waals surface area contributed by atoms with E-state index in [0.717, 1.165) is 0 Å². The van der Waals surface area contributed by atoms with Crippen molar-refractivity contribution in [3.8, 4) is 0 Å². The lowest BCUT2D eigenvalue weighted by Gasteiger charge is -2.55. The lowest BCUT2D eigenvalue weighted by atomic mass is 9.53. The third kappa shape index (κ3) is 2.63. The Balaban J connectivity index is 2.01. The van der Waals surface area contributed by atoms with E-state index in [4.69, 9.17) is 9.47 Å². The zero-order valence-corrected chi connectivity index (χ0v) is 15.4. The molecule has 3 rings (SSSR count). The Hall–Kier alpha value is -1.92. The predicted molar refractivity (Wildman–Crippen MR) is 93.8 cm³/mol. The van der Waals surface area contributed by atoms with Gasteiger partial charge in [-0.15, -0.1) is 0 Å². The number of hydrogen-bond donors (Lipinski definition) is 2. The minimum absolute atomic E-state index is 0.159. The van der Waals surface area contributed by atoms with Crippen LogP contribution in [0.1, 0.15) is 33.6 Å². The molecular weight excluding hydrogens is 336 g/mol. The molecule has 3 fully saturated rings. The first-order valence-corrected chi connectivity index (χ1v) is 8.90. The molecule has 7 atom stereocenters. The second-order valence-electron chi connectivity index (χ2n) is 7.87. The lowest BCUT2D eigenvalue weighted by molar-refractivity contribution is -0.181. The number of hydrogen-bond acceptors (Lipinski definition) is 6. The van der Waals surface area contributed by atoms with Crippen molar-refractivity contribution in [2.24, 2.45) is 17.3 Å². The van der Waals surface area contributed by atoms with Crippen molar-refractivity contribution in [1.29, 1.82) is 0 Å². The van der Waals surface area contributed by atoms with Gasteiger partial charge >= 0.3 is 11.9 Å². The van der Waals surface area contributed by atoms with Crippen molar-refractivity contribution in [2.45, 2.75) is 58.0 Å². The van der Waals surface area contributed by atoms with E-state index >= 15 is 0 Å². The zero-order valence-electron chi connectivity index (χ0n) is 15.4. The molecule has 0 aromatic heterocycles. The van der Waals surface area contributed by atoms with E-state index in [2.05, 4.69) is 13.2 Å². The van der Waals surface area contributed by atoms with Crippen LogP contribution in [0, 0.1) is 17.3 Å². The van der Waals surface area contributed by atoms with Gasteiger partial charge in [0.25, 0.3) is 0 Å². The van der Waals surface area contributed by atoms with Gasteiger partial charge in [-0.2, -0.15) is 0 Å². The topological polar surface area (TPSA) is 93.1 Å². The maximum atomic E-state index is 12.3. The molecule has 1 saturated heterocycles. The van der Waals surface area contributed by atoms with Crippen molar-refractivity contribution in [2.75, 3.05) is 0 Å². The van der Waals surface area contributed by atoms with Crippen LogP contribution in [0.15, 0.2) is 36.0 Å². The number of carbonyl (C=O) groups is 2. The number of ether oxygens (including phenoxy) is 2. The van der Waals surface area contributed by atoms with Crippen molar-refractivity contribution < 1.29 is 29.3 Å². The Morgan fingerprint density at radius 1 is 1.38 bits per heavy atom. The van der Waals surface area contributed by atoms with Gasteiger partial charge in [0.2, 0.25) is 0 Å². The fraction of sp³-hybridized carbons (Fsp3) is 0.600. The second-order valence-corrected chi connectivity index (χ2v) is 7.87. The number of fused-ring (bicyclic) bond motifs is 3. The Kier molecular flexibility index (Phi) is 4.61. The maximum Gasteiger partial charge on any atom is 0.334 e. The lowest BCUT2D eigenvalue weighted by Crippen LogP contribution is -2.60. The molecule has 6 nitrogen and oxygen atoms in total. The van der Waals surface area contributed by atoms with Crippen LogP contribution in [0.5, 0.6) is 0 Å². The van der Waals surface area contributed by atoms with Crippen LogP contribution in [-0.2, 0) is 19.1 Å². The highest BCUT2D eigenvalue weighted by molar-refractivity contribution is 5.92. The van der Waals surface area contributed by atoms with Gasteiger partial charge in [0.1, 0.15) is 12.2 Å². The number of aliphatic hydroxyl groups excluding tert-OH is 2. The standard InChI is InChI=1S/C20H26O6/c1-6-9(2)18(23)25-13-8-20(5)14(22)7-12(21)10(3)16(20)17-15(13)11(4)19(24)26-17/h6,12-17,21-22H,3-4,7-8H2,1-2,5H3/b9-6+/t12-,13-,14+,15-,16-,17+,20+/m1/s1. The van der Waals surface area contributed by atoms with E-state index in [0.29, 0.717) is 17.6 Å². The highest BCUT2D eigenvalue weighted by atomic mass is 16.6. The minimum Gasteiger partial charge on any atom is -0.458 e. The molecule has 3 aliphatic rings. The van der Waals surface area contributed by atoms with E-state index in [-0.39, 0.29) is 12.0 Å². The number of aliphatic hydroxyl groups is 2. The molecule has 2 saturated carbocycles. The molecule has 0 spiro atoms. The first-order valence-electron chi connectivity index (χ1n) is 8.90. The van der Waals surface area contributed by atoms with Crippen molar-refractivity contribution in [1.82, 2.24) is 0 Å². The van der Waals surface area contributed by atoms with Crippen molar-refractivity contribution in [3.05, 3.63) is 36.0 Å². The van der Waals surface area contributed by atoms with Gasteiger partial charge in [0.15, 0.2) is 0 Å². The summed E-state index contributed by atoms with van der Waals surface area (Å²) in [5.41, 5.74) is 0.547. The van der Waals surface area contributed by atoms with Gasteiger partial charge in [0, 0.05) is 28.9 Å². The first-order chi connectivity index (χ1) is 12.1. The van der Waals surface area contributed by atoms with Crippen molar-refractivity contribution >= 4 is 11.9 Å². The number of carbonyl (C=O) groups excluding carboxylic acids is 2. The van der Waals surface area contributed by atoms with Crippen LogP contribution in [0.4, 0.5) is 0 Å². The summed E-state index contributed by atoms with van der Waals surface area (Å²) in [6, 6.07) is 0. The summed E-state index contributed by atoms with van der Waals surface area (Å²) in [4.78, 5) is 24.5. The summed E-state index contributed by atoms with van der Waals surface area (Å²) in [5.74, 6) is -1.93. The second kappa shape index (κ2) is 6.35. The summed E-state index contributed by atoms with van der Waals surface area (Å²) < 4.78 is 11.2. The van der Waals surface area contributed by atoms with Crippen molar-refractivity contribution in [3.63, 3.8) is 0 Å². The summed E-state index contributed by atoms with van der Waals surface area (Å²) in [6.07, 6.45) is -0.830. The molecule has 142 valence electrons. The van der Waals surface area contributed by atoms with E-state index < -0.39 is 53.6 Å². The third-order valence-corrected chi connectivity index (χ3v) is 6.39. The van der Waals surface area contributed by atoms with Gasteiger partial charge < -0.3 is 19.7 Å². The summed E-state index contributed by atoms with van der Waals surface area (Å²) in [6.45, 7) is 13.1. The third-order valence-electron chi connectivity index (χ3n) is 6.39. The highest BCUT2D eigenvalue weighted by Crippen LogP contribution is 2.57. The Morgan fingerprint density at radius 2 is 2.04 bits per heavy atom. The number of allylic oxidation sites excluding steroid dienone is 1. The average Bonchev–Trinajstić information content (AvgIpc) is 2.87. The fourth-order valence-electron chi connectivity index (χ4n) is 4.66. The normalized spacial score (nSPS) is 42.8. The molecule has 1 heterocycles. The summed E-state index contributed by atoms with van der Waals surface area (Å²) in [5, 5.41) is 20.9. The van der Waals surface area contributed by atoms with Crippen LogP contribution in [0.3, 0.4) is 0 Å². The highest BCUT2D eigenvalue weighted by Gasteiger charge is 2.63. The van der Waals surface area contributed by atoms with Gasteiger partial charge in [-0.1, -0.05) is 26.2 Å². The molecular formula is C20H26O6. The quantitative estimate of drug-likeness (QED) is 0.441. The summed E-state index contributed by atoms with van der Waals surface area (Å²) in [7, 11) is 0. The van der Waals surface area contributed by atoms with Crippen LogP contribution in [-0.4, -0.2) is 46.6 Å². The SMILES string of the molecule is C=C1C(=O)O[C@H]2[C@H]1[C@H](OC(=O)/C(C)=C/C)C[C@]1(C)[C@@H]2C(=C)[C@H](O)C[C@@H]1O. The summed E-state index contributed by atoms with van der Waals surface area (Å²) >= 11 is 0. The van der Waals surface area contributed by atoms with E-state index in [9.17, 15) is 19.8 Å². The average molecular weight is 362 g/mol.